The molecule has 1 heterocycles. The largest absolute Gasteiger partial charge is 0.483 e. The van der Waals surface area contributed by atoms with Crippen molar-refractivity contribution in [3.05, 3.63) is 77.2 Å². The molecule has 2 amide bonds. The highest BCUT2D eigenvalue weighted by molar-refractivity contribution is 9.10. The molecule has 3 aromatic rings. The molecule has 0 atom stereocenters. The van der Waals surface area contributed by atoms with Crippen LogP contribution < -0.4 is 15.6 Å². The molecule has 0 radical (unpaired) electrons. The van der Waals surface area contributed by atoms with E-state index in [1.807, 2.05) is 48.5 Å². The van der Waals surface area contributed by atoms with Gasteiger partial charge in [-0.3, -0.25) is 20.4 Å². The number of benzene rings is 2. The maximum absolute atomic E-state index is 11.9. The number of ether oxygens (including phenoxy) is 1. The smallest absolute Gasteiger partial charge is 0.305 e. The monoisotopic (exact) mass is 414 g/mol. The fraction of sp³-hybridized carbons (Fsp3) is 0.0526. The van der Waals surface area contributed by atoms with Crippen molar-refractivity contribution in [2.75, 3.05) is 6.61 Å². The summed E-state index contributed by atoms with van der Waals surface area (Å²) in [5.41, 5.74) is 6.41. The van der Waals surface area contributed by atoms with E-state index in [4.69, 9.17) is 9.15 Å². The van der Waals surface area contributed by atoms with Gasteiger partial charge in [-0.25, -0.2) is 0 Å². The zero-order valence-corrected chi connectivity index (χ0v) is 15.2. The quantitative estimate of drug-likeness (QED) is 0.625. The Balaban J connectivity index is 1.56. The van der Waals surface area contributed by atoms with E-state index in [1.54, 1.807) is 12.1 Å². The molecule has 2 N–H and O–H groups in total. The highest BCUT2D eigenvalue weighted by atomic mass is 79.9. The van der Waals surface area contributed by atoms with Crippen LogP contribution in [0.2, 0.25) is 0 Å². The van der Waals surface area contributed by atoms with Crippen molar-refractivity contribution < 1.29 is 18.7 Å². The molecule has 26 heavy (non-hydrogen) atoms. The van der Waals surface area contributed by atoms with Gasteiger partial charge in [0.25, 0.3) is 5.91 Å². The van der Waals surface area contributed by atoms with E-state index in [0.29, 0.717) is 10.4 Å². The Hall–Kier alpha value is -3.06. The zero-order chi connectivity index (χ0) is 18.4. The summed E-state index contributed by atoms with van der Waals surface area (Å²) >= 11 is 3.10. The van der Waals surface area contributed by atoms with Gasteiger partial charge in [0, 0.05) is 5.56 Å². The summed E-state index contributed by atoms with van der Waals surface area (Å²) in [5.74, 6) is -0.400. The molecule has 0 bridgehead atoms. The fourth-order valence-corrected chi connectivity index (χ4v) is 2.56. The van der Waals surface area contributed by atoms with Crippen molar-refractivity contribution in [2.24, 2.45) is 0 Å². The molecule has 0 aliphatic heterocycles. The molecule has 132 valence electrons. The number of nitrogens with one attached hydrogen (secondary N) is 2. The maximum atomic E-state index is 11.9. The van der Waals surface area contributed by atoms with Crippen molar-refractivity contribution in [1.82, 2.24) is 10.9 Å². The van der Waals surface area contributed by atoms with Gasteiger partial charge >= 0.3 is 5.91 Å². The number of amides is 2. The third kappa shape index (κ3) is 4.52. The molecule has 7 heteroatoms. The first-order valence-corrected chi connectivity index (χ1v) is 8.54. The summed E-state index contributed by atoms with van der Waals surface area (Å²) in [6.07, 6.45) is 0. The second-order valence-electron chi connectivity index (χ2n) is 5.26. The molecular formula is C19H15BrN2O4. The minimum atomic E-state index is -0.561. The molecule has 6 nitrogen and oxygen atoms in total. The second kappa shape index (κ2) is 8.35. The lowest BCUT2D eigenvalue weighted by molar-refractivity contribution is -0.123. The Morgan fingerprint density at radius 3 is 2.38 bits per heavy atom. The third-order valence-electron chi connectivity index (χ3n) is 3.44. The summed E-state index contributed by atoms with van der Waals surface area (Å²) < 4.78 is 11.1. The van der Waals surface area contributed by atoms with Gasteiger partial charge in [-0.15, -0.1) is 0 Å². The minimum absolute atomic E-state index is 0.0764. The normalized spacial score (nSPS) is 10.2. The Morgan fingerprint density at radius 1 is 0.923 bits per heavy atom. The van der Waals surface area contributed by atoms with Crippen molar-refractivity contribution >= 4 is 27.7 Å². The van der Waals surface area contributed by atoms with Gasteiger partial charge in [-0.2, -0.15) is 0 Å². The number of hydrogen-bond donors (Lipinski definition) is 2. The summed E-state index contributed by atoms with van der Waals surface area (Å²) in [5, 5.41) is 0. The van der Waals surface area contributed by atoms with Crippen LogP contribution >= 0.6 is 15.9 Å². The highest BCUT2D eigenvalue weighted by Crippen LogP contribution is 2.29. The molecule has 1 aromatic heterocycles. The number of hydrogen-bond acceptors (Lipinski definition) is 4. The Bertz CT molecular complexity index is 909. The Morgan fingerprint density at radius 2 is 1.65 bits per heavy atom. The fourth-order valence-electron chi connectivity index (χ4n) is 2.25. The van der Waals surface area contributed by atoms with Crippen LogP contribution in [-0.4, -0.2) is 18.4 Å². The number of furan rings is 1. The summed E-state index contributed by atoms with van der Waals surface area (Å²) in [6, 6.07) is 20.2. The van der Waals surface area contributed by atoms with Crippen molar-refractivity contribution in [3.63, 3.8) is 0 Å². The molecule has 0 unspecified atom stereocenters. The van der Waals surface area contributed by atoms with Crippen LogP contribution in [0.4, 0.5) is 0 Å². The predicted molar refractivity (Wildman–Crippen MR) is 99.4 cm³/mol. The molecule has 0 fully saturated rings. The molecule has 3 rings (SSSR count). The predicted octanol–water partition coefficient (Wildman–Crippen LogP) is 3.55. The van der Waals surface area contributed by atoms with E-state index >= 15 is 0 Å². The van der Waals surface area contributed by atoms with Crippen molar-refractivity contribution in [3.8, 4) is 16.9 Å². The van der Waals surface area contributed by atoms with E-state index in [1.165, 1.54) is 6.07 Å². The number of carbonyl (C=O) groups is 2. The van der Waals surface area contributed by atoms with Crippen LogP contribution in [0.3, 0.4) is 0 Å². The molecule has 0 aliphatic rings. The lowest BCUT2D eigenvalue weighted by Gasteiger charge is -2.12. The molecular weight excluding hydrogens is 400 g/mol. The Labute approximate surface area is 158 Å². The second-order valence-corrected chi connectivity index (χ2v) is 6.04. The van der Waals surface area contributed by atoms with Crippen LogP contribution in [0.5, 0.6) is 5.75 Å². The van der Waals surface area contributed by atoms with Gasteiger partial charge in [0.05, 0.1) is 0 Å². The third-order valence-corrected chi connectivity index (χ3v) is 3.87. The van der Waals surface area contributed by atoms with E-state index in [-0.39, 0.29) is 12.4 Å². The first kappa shape index (κ1) is 17.8. The lowest BCUT2D eigenvalue weighted by atomic mass is 10.1. The number of carbonyl (C=O) groups excluding carboxylic acids is 2. The van der Waals surface area contributed by atoms with Gasteiger partial charge in [-0.1, -0.05) is 48.5 Å². The van der Waals surface area contributed by atoms with Crippen molar-refractivity contribution in [2.45, 2.75) is 0 Å². The average Bonchev–Trinajstić information content (AvgIpc) is 3.12. The van der Waals surface area contributed by atoms with Crippen LogP contribution in [0.15, 0.2) is 75.8 Å². The molecule has 0 saturated carbocycles. The van der Waals surface area contributed by atoms with E-state index < -0.39 is 11.8 Å². The molecule has 0 spiro atoms. The molecule has 2 aromatic carbocycles. The molecule has 0 saturated heterocycles. The lowest BCUT2D eigenvalue weighted by Crippen LogP contribution is -2.43. The standard InChI is InChI=1S/C19H15BrN2O4/c20-17-11-10-16(26-17)19(24)22-21-18(23)12-25-15-9-5-4-8-14(15)13-6-2-1-3-7-13/h1-11H,12H2,(H,21,23)(H,22,24). The summed E-state index contributed by atoms with van der Waals surface area (Å²) in [4.78, 5) is 23.7. The van der Waals surface area contributed by atoms with Crippen LogP contribution in [0.25, 0.3) is 11.1 Å². The van der Waals surface area contributed by atoms with Gasteiger partial charge in [0.2, 0.25) is 0 Å². The highest BCUT2D eigenvalue weighted by Gasteiger charge is 2.12. The topological polar surface area (TPSA) is 80.6 Å². The van der Waals surface area contributed by atoms with Gasteiger partial charge < -0.3 is 9.15 Å². The van der Waals surface area contributed by atoms with Crippen LogP contribution in [0, 0.1) is 0 Å². The SMILES string of the molecule is O=C(COc1ccccc1-c1ccccc1)NNC(=O)c1ccc(Br)o1. The van der Waals surface area contributed by atoms with Gasteiger partial charge in [0.15, 0.2) is 17.0 Å². The van der Waals surface area contributed by atoms with E-state index in [2.05, 4.69) is 26.8 Å². The minimum Gasteiger partial charge on any atom is -0.483 e. The Kier molecular flexibility index (Phi) is 5.70. The summed E-state index contributed by atoms with van der Waals surface area (Å²) in [7, 11) is 0. The van der Waals surface area contributed by atoms with Crippen LogP contribution in [0.1, 0.15) is 10.6 Å². The first-order chi connectivity index (χ1) is 12.6. The number of para-hydroxylation sites is 1. The van der Waals surface area contributed by atoms with Crippen molar-refractivity contribution in [1.29, 1.82) is 0 Å². The van der Waals surface area contributed by atoms with E-state index in [0.717, 1.165) is 11.1 Å². The maximum Gasteiger partial charge on any atom is 0.305 e. The van der Waals surface area contributed by atoms with E-state index in [9.17, 15) is 9.59 Å². The van der Waals surface area contributed by atoms with Gasteiger partial charge in [0.1, 0.15) is 5.75 Å². The summed E-state index contributed by atoms with van der Waals surface area (Å²) in [6.45, 7) is -0.244. The number of hydrazine groups is 1. The first-order valence-electron chi connectivity index (χ1n) is 7.75. The van der Waals surface area contributed by atoms with Gasteiger partial charge in [-0.05, 0) is 39.7 Å². The molecule has 0 aliphatic carbocycles. The number of halogens is 1. The number of rotatable bonds is 5. The average molecular weight is 415 g/mol. The zero-order valence-electron chi connectivity index (χ0n) is 13.6. The van der Waals surface area contributed by atoms with Crippen LogP contribution in [-0.2, 0) is 4.79 Å².